The Kier molecular flexibility index (Phi) is 13.4. The zero-order valence-electron chi connectivity index (χ0n) is 5.32. The first-order valence-electron chi connectivity index (χ1n) is 3.00. The Morgan fingerprint density at radius 3 is 0.750 bits per heavy atom. The van der Waals surface area contributed by atoms with Crippen LogP contribution >= 0.6 is 0 Å². The van der Waals surface area contributed by atoms with E-state index < -0.39 is 0 Å². The van der Waals surface area contributed by atoms with Crippen molar-refractivity contribution in [2.45, 2.75) is 38.5 Å². The van der Waals surface area contributed by atoms with Crippen molar-refractivity contribution in [3.05, 3.63) is 0 Å². The molecule has 1 rings (SSSR count). The van der Waals surface area contributed by atoms with Gasteiger partial charge in [0, 0.05) is 49.8 Å². The molecule has 0 aromatic carbocycles. The summed E-state index contributed by atoms with van der Waals surface area (Å²) in [7, 11) is 0. The van der Waals surface area contributed by atoms with Crippen molar-refractivity contribution in [1.29, 1.82) is 0 Å². The van der Waals surface area contributed by atoms with Crippen LogP contribution in [0.5, 0.6) is 0 Å². The summed E-state index contributed by atoms with van der Waals surface area (Å²) in [6.07, 6.45) is 9.00. The predicted molar refractivity (Wildman–Crippen MR) is 39.2 cm³/mol. The van der Waals surface area contributed by atoms with Crippen molar-refractivity contribution in [3.63, 3.8) is 0 Å². The van der Waals surface area contributed by atoms with Gasteiger partial charge in [0.2, 0.25) is 0 Å². The quantitative estimate of drug-likeness (QED) is 0.595. The van der Waals surface area contributed by atoms with Crippen molar-refractivity contribution < 1.29 is 0 Å². The molecule has 43 valence electrons. The summed E-state index contributed by atoms with van der Waals surface area (Å²) in [6, 6.07) is 0. The van der Waals surface area contributed by atoms with Gasteiger partial charge in [-0.3, -0.25) is 0 Å². The molecule has 1 aliphatic rings. The fraction of sp³-hybridized carbons (Fsp3) is 1.00. The minimum absolute atomic E-state index is 0. The zero-order chi connectivity index (χ0) is 4.24. The molecule has 0 amide bonds. The van der Waals surface area contributed by atoms with Gasteiger partial charge < -0.3 is 0 Å². The summed E-state index contributed by atoms with van der Waals surface area (Å²) in [5, 5.41) is 0. The number of hydrogen-bond donors (Lipinski definition) is 0. The largest absolute Gasteiger partial charge is 0.0533 e. The van der Waals surface area contributed by atoms with Crippen LogP contribution in [0.2, 0.25) is 0 Å². The first kappa shape index (κ1) is 12.4. The van der Waals surface area contributed by atoms with Crippen LogP contribution in [0, 0.1) is 0 Å². The first-order valence-corrected chi connectivity index (χ1v) is 3.00. The molecule has 0 aliphatic heterocycles. The second-order valence-corrected chi connectivity index (χ2v) is 2.12. The summed E-state index contributed by atoms with van der Waals surface area (Å²) in [6.45, 7) is 0. The van der Waals surface area contributed by atoms with Gasteiger partial charge >= 0.3 is 0 Å². The van der Waals surface area contributed by atoms with E-state index in [1.54, 1.807) is 0 Å². The van der Waals surface area contributed by atoms with E-state index >= 15 is 0 Å². The van der Waals surface area contributed by atoms with Crippen molar-refractivity contribution in [2.75, 3.05) is 0 Å². The van der Waals surface area contributed by atoms with E-state index in [0.29, 0.717) is 0 Å². The average molecular weight is 318 g/mol. The molecule has 8 heavy (non-hydrogen) atoms. The average Bonchev–Trinajstić information content (AvgIpc) is 1.72. The Morgan fingerprint density at radius 2 is 0.625 bits per heavy atom. The summed E-state index contributed by atoms with van der Waals surface area (Å²) < 4.78 is 0. The van der Waals surface area contributed by atoms with E-state index in [1.165, 1.54) is 38.5 Å². The standard InChI is InChI=1S/C6H12.In.Sn/c1-2-4-6-5-3-1;;/h1-6H2;;. The van der Waals surface area contributed by atoms with Crippen LogP contribution in [0.15, 0.2) is 0 Å². The molecule has 0 nitrogen and oxygen atoms in total. The van der Waals surface area contributed by atoms with Crippen LogP contribution in [0.4, 0.5) is 0 Å². The molecule has 0 atom stereocenters. The van der Waals surface area contributed by atoms with Crippen LogP contribution in [0.1, 0.15) is 38.5 Å². The molecule has 7 radical (unpaired) electrons. The molecule has 0 unspecified atom stereocenters. The smallest absolute Gasteiger partial charge is 0 e. The molecular weight excluding hydrogens is 306 g/mol. The van der Waals surface area contributed by atoms with Gasteiger partial charge in [-0.2, -0.15) is 0 Å². The van der Waals surface area contributed by atoms with Crippen molar-refractivity contribution in [3.8, 4) is 0 Å². The molecular formula is C6H12InSn. The fourth-order valence-corrected chi connectivity index (χ4v) is 1.06. The van der Waals surface area contributed by atoms with Crippen LogP contribution in [-0.4, -0.2) is 49.8 Å². The van der Waals surface area contributed by atoms with Crippen molar-refractivity contribution in [2.24, 2.45) is 0 Å². The van der Waals surface area contributed by atoms with E-state index in [-0.39, 0.29) is 49.8 Å². The molecule has 0 aromatic heterocycles. The maximum absolute atomic E-state index is 1.50. The summed E-state index contributed by atoms with van der Waals surface area (Å²) in [5.74, 6) is 0. The molecule has 0 saturated heterocycles. The second kappa shape index (κ2) is 8.67. The Balaban J connectivity index is 0. The maximum atomic E-state index is 1.50. The Bertz CT molecular complexity index is 24.0. The van der Waals surface area contributed by atoms with Crippen LogP contribution in [0.25, 0.3) is 0 Å². The fourth-order valence-electron chi connectivity index (χ4n) is 1.06. The van der Waals surface area contributed by atoms with Gasteiger partial charge in [0.1, 0.15) is 0 Å². The van der Waals surface area contributed by atoms with Crippen LogP contribution < -0.4 is 0 Å². The Morgan fingerprint density at radius 1 is 0.500 bits per heavy atom. The second-order valence-electron chi connectivity index (χ2n) is 2.12. The third-order valence-corrected chi connectivity index (χ3v) is 1.50. The molecule has 0 N–H and O–H groups in total. The van der Waals surface area contributed by atoms with Gasteiger partial charge in [-0.1, -0.05) is 38.5 Å². The SMILES string of the molecule is C1CCCCC1.[In].[Sn]. The third kappa shape index (κ3) is 5.80. The predicted octanol–water partition coefficient (Wildman–Crippen LogP) is 1.58. The van der Waals surface area contributed by atoms with Gasteiger partial charge in [0.05, 0.1) is 0 Å². The number of hydrogen-bond acceptors (Lipinski definition) is 0. The molecule has 1 fully saturated rings. The normalized spacial score (nSPS) is 18.0. The van der Waals surface area contributed by atoms with Gasteiger partial charge in [-0.25, -0.2) is 0 Å². The minimum Gasteiger partial charge on any atom is -0.0533 e. The molecule has 0 aromatic rings. The Hall–Kier alpha value is 1.67. The van der Waals surface area contributed by atoms with Crippen LogP contribution in [-0.2, 0) is 0 Å². The van der Waals surface area contributed by atoms with E-state index in [2.05, 4.69) is 0 Å². The van der Waals surface area contributed by atoms with E-state index in [0.717, 1.165) is 0 Å². The number of rotatable bonds is 0. The monoisotopic (exact) mass is 319 g/mol. The van der Waals surface area contributed by atoms with Crippen molar-refractivity contribution in [1.82, 2.24) is 0 Å². The summed E-state index contributed by atoms with van der Waals surface area (Å²) in [4.78, 5) is 0. The van der Waals surface area contributed by atoms with E-state index in [4.69, 9.17) is 0 Å². The van der Waals surface area contributed by atoms with E-state index in [1.807, 2.05) is 0 Å². The maximum Gasteiger partial charge on any atom is 0 e. The summed E-state index contributed by atoms with van der Waals surface area (Å²) >= 11 is 0. The molecule has 0 heterocycles. The topological polar surface area (TPSA) is 0 Å². The molecule has 0 spiro atoms. The molecule has 1 saturated carbocycles. The molecule has 0 bridgehead atoms. The molecule has 2 heteroatoms. The zero-order valence-corrected chi connectivity index (χ0v) is 11.5. The Labute approximate surface area is 87.5 Å². The molecule has 1 aliphatic carbocycles. The van der Waals surface area contributed by atoms with Crippen LogP contribution in [0.3, 0.4) is 0 Å². The van der Waals surface area contributed by atoms with Gasteiger partial charge in [0.25, 0.3) is 0 Å². The van der Waals surface area contributed by atoms with Gasteiger partial charge in [-0.05, 0) is 0 Å². The van der Waals surface area contributed by atoms with Gasteiger partial charge in [0.15, 0.2) is 0 Å². The van der Waals surface area contributed by atoms with Crippen molar-refractivity contribution >= 4 is 49.8 Å². The summed E-state index contributed by atoms with van der Waals surface area (Å²) in [5.41, 5.74) is 0. The third-order valence-electron chi connectivity index (χ3n) is 1.50. The van der Waals surface area contributed by atoms with E-state index in [9.17, 15) is 0 Å². The first-order chi connectivity index (χ1) is 3.00. The minimum atomic E-state index is 0. The van der Waals surface area contributed by atoms with Gasteiger partial charge in [-0.15, -0.1) is 0 Å².